The summed E-state index contributed by atoms with van der Waals surface area (Å²) in [6.07, 6.45) is 49.1. The predicted molar refractivity (Wildman–Crippen MR) is 250 cm³/mol. The lowest BCUT2D eigenvalue weighted by Gasteiger charge is -2.28. The highest BCUT2D eigenvalue weighted by Gasteiger charge is 2.21. The van der Waals surface area contributed by atoms with Crippen LogP contribution in [-0.2, 0) is 32.7 Å². The fraction of sp³-hybridized carbons (Fsp3) is 0.840. The van der Waals surface area contributed by atoms with Gasteiger partial charge in [-0.05, 0) is 70.6 Å². The molecule has 0 aromatic carbocycles. The minimum absolute atomic E-state index is 0.0379. The molecular formula is C50H94NO8P. The molecule has 0 aromatic rings. The minimum Gasteiger partial charge on any atom is -0.756 e. The van der Waals surface area contributed by atoms with Crippen molar-refractivity contribution < 1.29 is 42.1 Å². The zero-order valence-electron chi connectivity index (χ0n) is 39.7. The van der Waals surface area contributed by atoms with E-state index in [1.807, 2.05) is 21.1 Å². The Balaban J connectivity index is 4.27. The first-order valence-corrected chi connectivity index (χ1v) is 26.2. The fourth-order valence-electron chi connectivity index (χ4n) is 6.73. The van der Waals surface area contributed by atoms with E-state index >= 15 is 0 Å². The molecule has 0 saturated carbocycles. The van der Waals surface area contributed by atoms with Crippen LogP contribution in [0, 0.1) is 0 Å². The first kappa shape index (κ1) is 58.2. The number of esters is 2. The molecule has 0 heterocycles. The number of carbonyl (C=O) groups is 2. The molecule has 0 aliphatic carbocycles. The Labute approximate surface area is 370 Å². The SMILES string of the molecule is CCCCCC/C=C/CCCCCCCC(=O)O[C@@H](COC(=O)CCC/C=C/CC/C=C/CCCCCCCCCCCCCCCC)COP(=O)([O-])OCC[N+](C)(C)C. The smallest absolute Gasteiger partial charge is 0.306 e. The molecular weight excluding hydrogens is 774 g/mol. The fourth-order valence-corrected chi connectivity index (χ4v) is 7.46. The van der Waals surface area contributed by atoms with Crippen molar-refractivity contribution in [1.29, 1.82) is 0 Å². The maximum atomic E-state index is 12.7. The molecule has 0 aliphatic heterocycles. The summed E-state index contributed by atoms with van der Waals surface area (Å²) in [7, 11) is 1.14. The van der Waals surface area contributed by atoms with Gasteiger partial charge in [-0.2, -0.15) is 0 Å². The number of phosphoric acid groups is 1. The zero-order chi connectivity index (χ0) is 44.3. The second kappa shape index (κ2) is 42.5. The van der Waals surface area contributed by atoms with Gasteiger partial charge in [-0.15, -0.1) is 0 Å². The Morgan fingerprint density at radius 1 is 0.500 bits per heavy atom. The number of hydrogen-bond donors (Lipinski definition) is 0. The van der Waals surface area contributed by atoms with Crippen molar-refractivity contribution >= 4 is 19.8 Å². The number of carbonyl (C=O) groups excluding carboxylic acids is 2. The summed E-state index contributed by atoms with van der Waals surface area (Å²) >= 11 is 0. The Morgan fingerprint density at radius 3 is 1.35 bits per heavy atom. The number of phosphoric ester groups is 1. The lowest BCUT2D eigenvalue weighted by molar-refractivity contribution is -0.870. The van der Waals surface area contributed by atoms with E-state index in [0.29, 0.717) is 23.9 Å². The summed E-state index contributed by atoms with van der Waals surface area (Å²) in [6.45, 7) is 4.18. The number of unbranched alkanes of at least 4 members (excludes halogenated alkanes) is 25. The third-order valence-electron chi connectivity index (χ3n) is 10.6. The van der Waals surface area contributed by atoms with Gasteiger partial charge in [0.05, 0.1) is 27.7 Å². The minimum atomic E-state index is -4.64. The number of hydrogen-bond acceptors (Lipinski definition) is 8. The van der Waals surface area contributed by atoms with E-state index in [-0.39, 0.29) is 26.1 Å². The van der Waals surface area contributed by atoms with Gasteiger partial charge in [-0.1, -0.05) is 172 Å². The highest BCUT2D eigenvalue weighted by molar-refractivity contribution is 7.45. The highest BCUT2D eigenvalue weighted by atomic mass is 31.2. The molecule has 0 N–H and O–H groups in total. The summed E-state index contributed by atoms with van der Waals surface area (Å²) in [5, 5.41) is 0. The van der Waals surface area contributed by atoms with E-state index < -0.39 is 32.5 Å². The summed E-state index contributed by atoms with van der Waals surface area (Å²) in [6, 6.07) is 0. The van der Waals surface area contributed by atoms with Crippen molar-refractivity contribution in [3.8, 4) is 0 Å². The van der Waals surface area contributed by atoms with Gasteiger partial charge in [0.25, 0.3) is 7.82 Å². The quantitative estimate of drug-likeness (QED) is 0.0196. The van der Waals surface area contributed by atoms with Gasteiger partial charge >= 0.3 is 11.9 Å². The van der Waals surface area contributed by atoms with E-state index in [4.69, 9.17) is 18.5 Å². The van der Waals surface area contributed by atoms with E-state index in [2.05, 4.69) is 50.3 Å². The first-order valence-electron chi connectivity index (χ1n) is 24.7. The van der Waals surface area contributed by atoms with Crippen molar-refractivity contribution in [2.45, 2.75) is 225 Å². The molecule has 60 heavy (non-hydrogen) atoms. The van der Waals surface area contributed by atoms with Gasteiger partial charge < -0.3 is 27.9 Å². The summed E-state index contributed by atoms with van der Waals surface area (Å²) in [5.74, 6) is -0.890. The van der Waals surface area contributed by atoms with E-state index in [1.165, 1.54) is 122 Å². The lowest BCUT2D eigenvalue weighted by atomic mass is 10.0. The van der Waals surface area contributed by atoms with Crippen LogP contribution in [0.25, 0.3) is 0 Å². The van der Waals surface area contributed by atoms with E-state index in [9.17, 15) is 19.0 Å². The monoisotopic (exact) mass is 868 g/mol. The third kappa shape index (κ3) is 45.7. The highest BCUT2D eigenvalue weighted by Crippen LogP contribution is 2.38. The molecule has 0 rings (SSSR count). The Bertz CT molecular complexity index is 1120. The van der Waals surface area contributed by atoms with Crippen LogP contribution in [0.5, 0.6) is 0 Å². The molecule has 1 unspecified atom stereocenters. The molecule has 10 heteroatoms. The Morgan fingerprint density at radius 2 is 0.883 bits per heavy atom. The van der Waals surface area contributed by atoms with Crippen LogP contribution >= 0.6 is 7.82 Å². The molecule has 0 amide bonds. The number of rotatable bonds is 45. The Kier molecular flexibility index (Phi) is 41.3. The van der Waals surface area contributed by atoms with Crippen LogP contribution in [0.2, 0.25) is 0 Å². The van der Waals surface area contributed by atoms with Gasteiger partial charge in [-0.25, -0.2) is 0 Å². The third-order valence-corrected chi connectivity index (χ3v) is 11.6. The topological polar surface area (TPSA) is 111 Å². The number of ether oxygens (including phenoxy) is 2. The van der Waals surface area contributed by atoms with E-state index in [1.54, 1.807) is 0 Å². The van der Waals surface area contributed by atoms with Crippen LogP contribution in [-0.4, -0.2) is 70.0 Å². The van der Waals surface area contributed by atoms with Gasteiger partial charge in [0, 0.05) is 12.8 Å². The molecule has 2 atom stereocenters. The molecule has 0 fully saturated rings. The van der Waals surface area contributed by atoms with Gasteiger partial charge in [-0.3, -0.25) is 14.2 Å². The number of likely N-dealkylation sites (N-methyl/N-ethyl adjacent to an activating group) is 1. The lowest BCUT2D eigenvalue weighted by Crippen LogP contribution is -2.37. The predicted octanol–water partition coefficient (Wildman–Crippen LogP) is 13.8. The van der Waals surface area contributed by atoms with E-state index in [0.717, 1.165) is 57.8 Å². The molecule has 0 aliphatic rings. The number of nitrogens with zero attached hydrogens (tertiary/aromatic N) is 1. The second-order valence-electron chi connectivity index (χ2n) is 17.8. The van der Waals surface area contributed by atoms with Crippen molar-refractivity contribution in [2.24, 2.45) is 0 Å². The van der Waals surface area contributed by atoms with Gasteiger partial charge in [0.2, 0.25) is 0 Å². The van der Waals surface area contributed by atoms with Crippen LogP contribution in [0.15, 0.2) is 36.5 Å². The largest absolute Gasteiger partial charge is 0.756 e. The van der Waals surface area contributed by atoms with Crippen LogP contribution < -0.4 is 4.89 Å². The second-order valence-corrected chi connectivity index (χ2v) is 19.2. The molecule has 0 radical (unpaired) electrons. The maximum Gasteiger partial charge on any atom is 0.306 e. The van der Waals surface area contributed by atoms with Crippen molar-refractivity contribution in [2.75, 3.05) is 47.5 Å². The normalized spacial score (nSPS) is 13.8. The summed E-state index contributed by atoms with van der Waals surface area (Å²) in [4.78, 5) is 37.6. The average Bonchev–Trinajstić information content (AvgIpc) is 3.20. The first-order chi connectivity index (χ1) is 29.0. The zero-order valence-corrected chi connectivity index (χ0v) is 40.6. The number of allylic oxidation sites excluding steroid dienone is 6. The van der Waals surface area contributed by atoms with Crippen molar-refractivity contribution in [1.82, 2.24) is 0 Å². The van der Waals surface area contributed by atoms with Crippen LogP contribution in [0.3, 0.4) is 0 Å². The van der Waals surface area contributed by atoms with Crippen molar-refractivity contribution in [3.05, 3.63) is 36.5 Å². The van der Waals surface area contributed by atoms with Crippen molar-refractivity contribution in [3.63, 3.8) is 0 Å². The summed E-state index contributed by atoms with van der Waals surface area (Å²) in [5.41, 5.74) is 0. The molecule has 0 aromatic heterocycles. The van der Waals surface area contributed by atoms with Crippen LogP contribution in [0.1, 0.15) is 219 Å². The van der Waals surface area contributed by atoms with Crippen LogP contribution in [0.4, 0.5) is 0 Å². The average molecular weight is 868 g/mol. The molecule has 9 nitrogen and oxygen atoms in total. The molecule has 0 bridgehead atoms. The maximum absolute atomic E-state index is 12.7. The molecule has 0 spiro atoms. The standard InChI is InChI=1S/C50H94NO8P/c1-6-8-10-12-14-16-18-20-21-22-23-24-25-26-27-28-29-31-32-34-36-38-40-42-49(52)56-46-48(47-58-60(54,55)57-45-44-51(3,4)5)59-50(53)43-41-39-37-35-33-30-19-17-15-13-11-9-7-2/h17,19,28-29,34,36,48H,6-16,18,20-27,30-33,35,37-47H2,1-5H3/b19-17+,29-28+,36-34+/t48-/m0/s1. The molecule has 0 saturated heterocycles. The van der Waals surface area contributed by atoms with Gasteiger partial charge in [0.1, 0.15) is 19.8 Å². The van der Waals surface area contributed by atoms with Gasteiger partial charge in [0.15, 0.2) is 6.10 Å². The number of quaternary nitrogens is 1. The Hall–Kier alpha value is -1.77. The summed E-state index contributed by atoms with van der Waals surface area (Å²) < 4.78 is 33.9. The molecule has 352 valence electrons.